The Morgan fingerprint density at radius 2 is 1.45 bits per heavy atom. The Bertz CT molecular complexity index is 1430. The Kier molecular flexibility index (Phi) is 11.1. The largest absolute Gasteiger partial charge is 0.392 e. The van der Waals surface area contributed by atoms with Gasteiger partial charge in [-0.25, -0.2) is 4.79 Å². The van der Waals surface area contributed by atoms with Crippen molar-refractivity contribution in [1.82, 2.24) is 20.5 Å². The number of carbonyl (C=O) groups excluding carboxylic acids is 1. The van der Waals surface area contributed by atoms with E-state index in [9.17, 15) is 9.90 Å². The summed E-state index contributed by atoms with van der Waals surface area (Å²) < 4.78 is 13.2. The predicted octanol–water partition coefficient (Wildman–Crippen LogP) is 5.54. The van der Waals surface area contributed by atoms with Crippen molar-refractivity contribution >= 4 is 6.03 Å². The van der Waals surface area contributed by atoms with Gasteiger partial charge < -0.3 is 30.1 Å². The zero-order valence-corrected chi connectivity index (χ0v) is 25.4. The van der Waals surface area contributed by atoms with Crippen LogP contribution in [0.2, 0.25) is 0 Å². The molecule has 1 fully saturated rings. The van der Waals surface area contributed by atoms with E-state index in [4.69, 9.17) is 9.47 Å². The van der Waals surface area contributed by atoms with Gasteiger partial charge in [0.1, 0.15) is 0 Å². The van der Waals surface area contributed by atoms with Crippen molar-refractivity contribution in [2.45, 2.75) is 51.5 Å². The molecule has 4 aromatic rings. The molecule has 0 spiro atoms. The molecule has 230 valence electrons. The van der Waals surface area contributed by atoms with E-state index in [0.717, 1.165) is 53.0 Å². The van der Waals surface area contributed by atoms with E-state index in [-0.39, 0.29) is 30.8 Å². The molecule has 1 aliphatic rings. The summed E-state index contributed by atoms with van der Waals surface area (Å²) in [5, 5.41) is 15.3. The molecule has 2 amide bonds. The van der Waals surface area contributed by atoms with Crippen molar-refractivity contribution in [2.24, 2.45) is 5.92 Å². The third-order valence-electron chi connectivity index (χ3n) is 8.09. The number of carbonyl (C=O) groups is 1. The number of pyridine rings is 1. The first-order valence-electron chi connectivity index (χ1n) is 15.2. The van der Waals surface area contributed by atoms with Crippen LogP contribution in [0.25, 0.3) is 0 Å². The van der Waals surface area contributed by atoms with E-state index >= 15 is 0 Å². The predicted molar refractivity (Wildman–Crippen MR) is 170 cm³/mol. The number of hydrogen-bond donors (Lipinski definition) is 3. The van der Waals surface area contributed by atoms with Crippen LogP contribution < -0.4 is 10.6 Å². The van der Waals surface area contributed by atoms with Crippen molar-refractivity contribution < 1.29 is 19.4 Å². The number of amides is 2. The van der Waals surface area contributed by atoms with Crippen LogP contribution in [0.15, 0.2) is 103 Å². The molecule has 3 N–H and O–H groups in total. The zero-order valence-electron chi connectivity index (χ0n) is 25.4. The van der Waals surface area contributed by atoms with Gasteiger partial charge in [0.15, 0.2) is 6.29 Å². The van der Waals surface area contributed by atoms with E-state index in [2.05, 4.69) is 40.6 Å². The Hall–Kier alpha value is -4.08. The van der Waals surface area contributed by atoms with Crippen LogP contribution in [-0.2, 0) is 35.6 Å². The van der Waals surface area contributed by atoms with Crippen LogP contribution >= 0.6 is 0 Å². The summed E-state index contributed by atoms with van der Waals surface area (Å²) in [6, 6.07) is 31.6. The lowest BCUT2D eigenvalue weighted by molar-refractivity contribution is -0.275. The maximum absolute atomic E-state index is 12.3. The van der Waals surface area contributed by atoms with Crippen molar-refractivity contribution in [3.8, 4) is 0 Å². The molecule has 1 aliphatic heterocycles. The van der Waals surface area contributed by atoms with Gasteiger partial charge in [-0.1, -0.05) is 91.9 Å². The number of rotatable bonds is 12. The lowest BCUT2D eigenvalue weighted by Gasteiger charge is -2.42. The molecular weight excluding hydrogens is 552 g/mol. The standard InChI is InChI=1S/C36H42N4O4/c1-26-33(24-40(2)21-19-32-10-6-7-20-37-32)43-35(44-34(26)30-15-13-29(25-41)14-16-30)31-17-11-28(12-18-31)23-39-36(42)38-22-27-8-4-3-5-9-27/h3-18,20,26,33-35,41H,19,21-25H2,1-2H3,(H2,38,39,42)/t26-,33+,34+,35+/m1/s1. The lowest BCUT2D eigenvalue weighted by Crippen LogP contribution is -2.44. The van der Waals surface area contributed by atoms with Crippen LogP contribution in [0.4, 0.5) is 4.79 Å². The summed E-state index contributed by atoms with van der Waals surface area (Å²) in [7, 11) is 2.12. The number of urea groups is 1. The third-order valence-corrected chi connectivity index (χ3v) is 8.09. The summed E-state index contributed by atoms with van der Waals surface area (Å²) in [6.07, 6.45) is 1.91. The zero-order chi connectivity index (χ0) is 30.7. The van der Waals surface area contributed by atoms with Gasteiger partial charge in [0, 0.05) is 56.0 Å². The fourth-order valence-electron chi connectivity index (χ4n) is 5.39. The Labute approximate surface area is 260 Å². The number of aliphatic hydroxyl groups is 1. The quantitative estimate of drug-likeness (QED) is 0.199. The first-order chi connectivity index (χ1) is 21.5. The van der Waals surface area contributed by atoms with E-state index in [1.807, 2.05) is 97.2 Å². The molecule has 8 nitrogen and oxygen atoms in total. The van der Waals surface area contributed by atoms with Gasteiger partial charge in [0.05, 0.1) is 18.8 Å². The summed E-state index contributed by atoms with van der Waals surface area (Å²) in [4.78, 5) is 19.1. The molecule has 0 unspecified atom stereocenters. The van der Waals surface area contributed by atoms with Gasteiger partial charge in [-0.2, -0.15) is 0 Å². The summed E-state index contributed by atoms with van der Waals surface area (Å²) in [6.45, 7) is 4.69. The number of ether oxygens (including phenoxy) is 2. The Balaban J connectivity index is 1.23. The number of aromatic nitrogens is 1. The highest BCUT2D eigenvalue weighted by Crippen LogP contribution is 2.41. The highest BCUT2D eigenvalue weighted by atomic mass is 16.7. The number of aliphatic hydroxyl groups excluding tert-OH is 1. The minimum Gasteiger partial charge on any atom is -0.392 e. The fourth-order valence-corrected chi connectivity index (χ4v) is 5.39. The molecule has 3 aromatic carbocycles. The number of benzene rings is 3. The van der Waals surface area contributed by atoms with Gasteiger partial charge in [-0.05, 0) is 41.4 Å². The van der Waals surface area contributed by atoms with Crippen molar-refractivity contribution in [3.63, 3.8) is 0 Å². The number of nitrogens with one attached hydrogen (secondary N) is 2. The minimum absolute atomic E-state index is 0.00662. The molecule has 1 aromatic heterocycles. The molecule has 44 heavy (non-hydrogen) atoms. The lowest BCUT2D eigenvalue weighted by atomic mass is 9.90. The highest BCUT2D eigenvalue weighted by molar-refractivity contribution is 5.73. The van der Waals surface area contributed by atoms with Gasteiger partial charge in [-0.15, -0.1) is 0 Å². The summed E-state index contributed by atoms with van der Waals surface area (Å²) >= 11 is 0. The minimum atomic E-state index is -0.543. The first-order valence-corrected chi connectivity index (χ1v) is 15.2. The first kappa shape index (κ1) is 31.3. The molecule has 8 heteroatoms. The molecule has 0 saturated carbocycles. The molecule has 2 heterocycles. The summed E-state index contributed by atoms with van der Waals surface area (Å²) in [5.74, 6) is 0.0985. The second-order valence-corrected chi connectivity index (χ2v) is 11.4. The van der Waals surface area contributed by atoms with Gasteiger partial charge in [0.25, 0.3) is 0 Å². The van der Waals surface area contributed by atoms with E-state index in [1.165, 1.54) is 0 Å². The van der Waals surface area contributed by atoms with Crippen molar-refractivity contribution in [1.29, 1.82) is 0 Å². The van der Waals surface area contributed by atoms with E-state index in [0.29, 0.717) is 13.1 Å². The van der Waals surface area contributed by atoms with Crippen molar-refractivity contribution in [3.05, 3.63) is 137 Å². The van der Waals surface area contributed by atoms with Crippen LogP contribution in [0.3, 0.4) is 0 Å². The number of nitrogens with zero attached hydrogens (tertiary/aromatic N) is 2. The number of hydrogen-bond acceptors (Lipinski definition) is 6. The van der Waals surface area contributed by atoms with Crippen LogP contribution in [0.1, 0.15) is 52.8 Å². The van der Waals surface area contributed by atoms with Crippen LogP contribution in [0.5, 0.6) is 0 Å². The smallest absolute Gasteiger partial charge is 0.315 e. The van der Waals surface area contributed by atoms with Gasteiger partial charge in [-0.3, -0.25) is 4.98 Å². The molecule has 0 radical (unpaired) electrons. The number of likely N-dealkylation sites (N-methyl/N-ethyl adjacent to an activating group) is 1. The van der Waals surface area contributed by atoms with E-state index in [1.54, 1.807) is 0 Å². The fraction of sp³-hybridized carbons (Fsp3) is 0.333. The molecule has 0 aliphatic carbocycles. The van der Waals surface area contributed by atoms with E-state index < -0.39 is 6.29 Å². The highest BCUT2D eigenvalue weighted by Gasteiger charge is 2.38. The van der Waals surface area contributed by atoms with Gasteiger partial charge >= 0.3 is 6.03 Å². The Morgan fingerprint density at radius 3 is 2.11 bits per heavy atom. The maximum atomic E-state index is 12.3. The topological polar surface area (TPSA) is 96.0 Å². The SMILES string of the molecule is C[C@@H]1[C@H](CN(C)CCc2ccccn2)O[C@H](c2ccc(CNC(=O)NCc3ccccc3)cc2)O[C@@H]1c1ccc(CO)cc1. The molecular formula is C36H42N4O4. The average molecular weight is 595 g/mol. The van der Waals surface area contributed by atoms with Gasteiger partial charge in [0.2, 0.25) is 0 Å². The van der Waals surface area contributed by atoms with Crippen LogP contribution in [-0.4, -0.2) is 47.3 Å². The second-order valence-electron chi connectivity index (χ2n) is 11.4. The third kappa shape index (κ3) is 8.74. The maximum Gasteiger partial charge on any atom is 0.315 e. The molecule has 0 bridgehead atoms. The second kappa shape index (κ2) is 15.6. The molecule has 1 saturated heterocycles. The summed E-state index contributed by atoms with van der Waals surface area (Å²) in [5.41, 5.74) is 5.96. The van der Waals surface area contributed by atoms with Crippen LogP contribution in [0, 0.1) is 5.92 Å². The Morgan fingerprint density at radius 1 is 0.818 bits per heavy atom. The monoisotopic (exact) mass is 594 g/mol. The van der Waals surface area contributed by atoms with Crippen molar-refractivity contribution in [2.75, 3.05) is 20.1 Å². The molecule has 4 atom stereocenters. The average Bonchev–Trinajstić information content (AvgIpc) is 3.07. The normalized spacial score (nSPS) is 19.9. The molecule has 5 rings (SSSR count).